The Morgan fingerprint density at radius 3 is 2.50 bits per heavy atom. The zero-order valence-corrected chi connectivity index (χ0v) is 5.81. The summed E-state index contributed by atoms with van der Waals surface area (Å²) in [5.74, 6) is -0.909. The molecule has 0 aromatic rings. The van der Waals surface area contributed by atoms with Gasteiger partial charge in [0.1, 0.15) is 0 Å². The Labute approximate surface area is 60.6 Å². The number of carbonyl (C=O) groups is 2. The van der Waals surface area contributed by atoms with Crippen molar-refractivity contribution in [2.75, 3.05) is 6.54 Å². The highest BCUT2D eigenvalue weighted by Crippen LogP contribution is 1.83. The highest BCUT2D eigenvalue weighted by Gasteiger charge is 2.00. The number of primary amides is 1. The lowest BCUT2D eigenvalue weighted by Gasteiger charge is -1.99. The van der Waals surface area contributed by atoms with Crippen LogP contribution in [0.5, 0.6) is 0 Å². The van der Waals surface area contributed by atoms with E-state index in [0.29, 0.717) is 5.57 Å². The van der Waals surface area contributed by atoms with Crippen LogP contribution in [-0.4, -0.2) is 18.4 Å². The number of nitrogens with two attached hydrogens (primary N) is 1. The van der Waals surface area contributed by atoms with Crippen LogP contribution in [-0.2, 0) is 9.59 Å². The highest BCUT2D eigenvalue weighted by atomic mass is 16.2. The van der Waals surface area contributed by atoms with E-state index in [9.17, 15) is 9.59 Å². The van der Waals surface area contributed by atoms with Crippen molar-refractivity contribution in [3.8, 4) is 0 Å². The van der Waals surface area contributed by atoms with Gasteiger partial charge in [-0.2, -0.15) is 0 Å². The van der Waals surface area contributed by atoms with Crippen LogP contribution in [0, 0.1) is 0 Å². The van der Waals surface area contributed by atoms with Crippen LogP contribution in [0.1, 0.15) is 8.35 Å². The molecule has 0 radical (unpaired) electrons. The summed E-state index contributed by atoms with van der Waals surface area (Å²) in [7, 11) is 0. The Morgan fingerprint density at radius 2 is 2.20 bits per heavy atom. The molecule has 4 heteroatoms. The second-order valence-corrected chi connectivity index (χ2v) is 1.93. The van der Waals surface area contributed by atoms with E-state index in [1.54, 1.807) is 6.92 Å². The fourth-order valence-corrected chi connectivity index (χ4v) is 0.318. The molecule has 0 aromatic heterocycles. The Kier molecular flexibility index (Phi) is 3.17. The molecule has 0 fully saturated rings. The van der Waals surface area contributed by atoms with Gasteiger partial charge < -0.3 is 11.1 Å². The number of carbonyl (C=O) groups excluding carboxylic acids is 2. The molecule has 0 atom stereocenters. The van der Waals surface area contributed by atoms with E-state index < -0.39 is 5.91 Å². The van der Waals surface area contributed by atoms with E-state index >= 15 is 0 Å². The normalized spacial score (nSPS) is 8.50. The average molecular weight is 143 g/mol. The van der Waals surface area contributed by atoms with E-state index in [-0.39, 0.29) is 13.9 Å². The molecule has 3 N–H and O–H groups in total. The predicted molar refractivity (Wildman–Crippen MR) is 38.1 cm³/mol. The third kappa shape index (κ3) is 3.65. The van der Waals surface area contributed by atoms with Gasteiger partial charge in [0.25, 0.3) is 0 Å². The molecule has 10 heavy (non-hydrogen) atoms. The molecule has 0 aliphatic carbocycles. The first-order valence-electron chi connectivity index (χ1n) is 2.76. The quantitative estimate of drug-likeness (QED) is 0.511. The third-order valence-corrected chi connectivity index (χ3v) is 0.811. The number of nitrogens with one attached hydrogen (secondary N) is 1. The Bertz CT molecular complexity index is 179. The van der Waals surface area contributed by atoms with Crippen LogP contribution in [0.2, 0.25) is 0 Å². The molecular formula is C6H11N2O2+. The highest BCUT2D eigenvalue weighted by molar-refractivity contribution is 5.94. The standard InChI is InChI=1S/C6H10N2O2/c1-4(2)6(10)8-3-5(7)9/h1,3H2,2H3,(H2,7,9)(H,8,10)/p+1. The molecule has 0 heterocycles. The van der Waals surface area contributed by atoms with Crippen LogP contribution >= 0.6 is 0 Å². The third-order valence-electron chi connectivity index (χ3n) is 0.811. The van der Waals surface area contributed by atoms with Crippen molar-refractivity contribution in [1.29, 1.82) is 0 Å². The van der Waals surface area contributed by atoms with Gasteiger partial charge in [-0.05, 0) is 6.92 Å². The number of hydrogen-bond donors (Lipinski definition) is 2. The topological polar surface area (TPSA) is 72.2 Å². The SMILES string of the molecule is C=C(C)C(=O)NCC(N)=O.[H+]. The molecule has 0 spiro atoms. The molecular weight excluding hydrogens is 132 g/mol. The molecule has 0 aliphatic rings. The fourth-order valence-electron chi connectivity index (χ4n) is 0.318. The lowest BCUT2D eigenvalue weighted by atomic mass is 10.3. The summed E-state index contributed by atoms with van der Waals surface area (Å²) >= 11 is 0. The Balaban J connectivity index is 0. The zero-order chi connectivity index (χ0) is 8.15. The average Bonchev–Trinajstić information content (AvgIpc) is 1.82. The Hall–Kier alpha value is -1.32. The first-order valence-corrected chi connectivity index (χ1v) is 2.76. The molecule has 0 unspecified atom stereocenters. The van der Waals surface area contributed by atoms with Crippen LogP contribution < -0.4 is 11.1 Å². The first-order chi connectivity index (χ1) is 4.54. The maximum Gasteiger partial charge on any atom is 1.00 e. The number of amides is 2. The second-order valence-electron chi connectivity index (χ2n) is 1.93. The van der Waals surface area contributed by atoms with Crippen molar-refractivity contribution in [3.05, 3.63) is 12.2 Å². The molecule has 0 aliphatic heterocycles. The summed E-state index contributed by atoms with van der Waals surface area (Å²) in [5.41, 5.74) is 5.12. The minimum absolute atomic E-state index is 0. The summed E-state index contributed by atoms with van der Waals surface area (Å²) in [6.45, 7) is 4.79. The smallest absolute Gasteiger partial charge is 0.368 e. The van der Waals surface area contributed by atoms with E-state index in [4.69, 9.17) is 5.73 Å². The molecule has 0 saturated heterocycles. The summed E-state index contributed by atoms with van der Waals surface area (Å²) in [5, 5.41) is 2.27. The van der Waals surface area contributed by atoms with E-state index in [2.05, 4.69) is 11.9 Å². The maximum absolute atomic E-state index is 10.6. The molecule has 0 bridgehead atoms. The molecule has 0 aromatic carbocycles. The van der Waals surface area contributed by atoms with Crippen LogP contribution in [0.3, 0.4) is 0 Å². The summed E-state index contributed by atoms with van der Waals surface area (Å²) < 4.78 is 0. The van der Waals surface area contributed by atoms with Crippen molar-refractivity contribution < 1.29 is 11.0 Å². The van der Waals surface area contributed by atoms with Crippen LogP contribution in [0.15, 0.2) is 12.2 Å². The van der Waals surface area contributed by atoms with Crippen molar-refractivity contribution in [3.63, 3.8) is 0 Å². The monoisotopic (exact) mass is 143 g/mol. The Morgan fingerprint density at radius 1 is 1.70 bits per heavy atom. The van der Waals surface area contributed by atoms with Gasteiger partial charge in [0.15, 0.2) is 0 Å². The van der Waals surface area contributed by atoms with Crippen LogP contribution in [0.4, 0.5) is 0 Å². The minimum Gasteiger partial charge on any atom is -0.368 e. The molecule has 56 valence electrons. The van der Waals surface area contributed by atoms with Crippen molar-refractivity contribution in [1.82, 2.24) is 5.32 Å². The lowest BCUT2D eigenvalue weighted by Crippen LogP contribution is -2.33. The summed E-state index contributed by atoms with van der Waals surface area (Å²) in [6.07, 6.45) is 0. The number of hydrogen-bond acceptors (Lipinski definition) is 2. The largest absolute Gasteiger partial charge is 1.00 e. The predicted octanol–water partition coefficient (Wildman–Crippen LogP) is -0.724. The van der Waals surface area contributed by atoms with Crippen molar-refractivity contribution in [2.45, 2.75) is 6.92 Å². The fraction of sp³-hybridized carbons (Fsp3) is 0.333. The maximum atomic E-state index is 10.6. The van der Waals surface area contributed by atoms with Crippen molar-refractivity contribution >= 4 is 11.8 Å². The summed E-state index contributed by atoms with van der Waals surface area (Å²) in [6, 6.07) is 0. The molecule has 0 rings (SSSR count). The van der Waals surface area contributed by atoms with Gasteiger partial charge in [-0.3, -0.25) is 9.59 Å². The van der Waals surface area contributed by atoms with E-state index in [1.807, 2.05) is 0 Å². The molecule has 0 saturated carbocycles. The van der Waals surface area contributed by atoms with Gasteiger partial charge in [-0.1, -0.05) is 6.58 Å². The van der Waals surface area contributed by atoms with Gasteiger partial charge in [0.2, 0.25) is 11.8 Å². The van der Waals surface area contributed by atoms with Crippen LogP contribution in [0.25, 0.3) is 0 Å². The van der Waals surface area contributed by atoms with Gasteiger partial charge in [-0.15, -0.1) is 0 Å². The van der Waals surface area contributed by atoms with Crippen molar-refractivity contribution in [2.24, 2.45) is 5.73 Å². The minimum atomic E-state index is -0.561. The lowest BCUT2D eigenvalue weighted by molar-refractivity contribution is -0.122. The van der Waals surface area contributed by atoms with Gasteiger partial charge in [0.05, 0.1) is 6.54 Å². The molecule has 2 amide bonds. The van der Waals surface area contributed by atoms with Gasteiger partial charge in [-0.25, -0.2) is 0 Å². The second kappa shape index (κ2) is 3.66. The molecule has 4 nitrogen and oxygen atoms in total. The number of rotatable bonds is 3. The zero-order valence-electron chi connectivity index (χ0n) is 6.81. The first kappa shape index (κ1) is 8.68. The van der Waals surface area contributed by atoms with E-state index in [0.717, 1.165) is 0 Å². The van der Waals surface area contributed by atoms with Gasteiger partial charge in [0, 0.05) is 5.57 Å². The summed E-state index contributed by atoms with van der Waals surface area (Å²) in [4.78, 5) is 20.7. The van der Waals surface area contributed by atoms with Gasteiger partial charge >= 0.3 is 1.43 Å². The van der Waals surface area contributed by atoms with E-state index in [1.165, 1.54) is 0 Å².